The maximum atomic E-state index is 14.6. The number of methoxy groups -OCH3 is 1. The summed E-state index contributed by atoms with van der Waals surface area (Å²) in [7, 11) is -3.22. The van der Waals surface area contributed by atoms with E-state index in [1.54, 1.807) is 18.2 Å². The molecule has 0 radical (unpaired) electrons. The number of hydrogen-bond acceptors (Lipinski definition) is 13. The average Bonchev–Trinajstić information content (AvgIpc) is 3.65. The number of rotatable bonds is 11. The van der Waals surface area contributed by atoms with Gasteiger partial charge in [-0.1, -0.05) is 42.8 Å². The van der Waals surface area contributed by atoms with Crippen LogP contribution in [0.4, 0.5) is 10.6 Å². The molecule has 1 aliphatic heterocycles. The number of nitrogens with one attached hydrogen (secondary N) is 2. The topological polar surface area (TPSA) is 205 Å². The first-order chi connectivity index (χ1) is 23.6. The molecule has 2 aliphatic rings. The Morgan fingerprint density at radius 2 is 1.78 bits per heavy atom. The third-order valence-electron chi connectivity index (χ3n) is 8.59. The van der Waals surface area contributed by atoms with Gasteiger partial charge >= 0.3 is 19.8 Å². The molecule has 7 atom stereocenters. The number of fused-ring (bicyclic) bond motifs is 2. The van der Waals surface area contributed by atoms with Crippen molar-refractivity contribution in [3.63, 3.8) is 0 Å². The van der Waals surface area contributed by atoms with Crippen LogP contribution in [0.25, 0.3) is 21.9 Å². The van der Waals surface area contributed by atoms with E-state index in [1.807, 2.05) is 24.3 Å². The van der Waals surface area contributed by atoms with E-state index in [2.05, 4.69) is 30.1 Å². The monoisotopic (exact) mass is 698 g/mol. The third-order valence-corrected chi connectivity index (χ3v) is 10.3. The van der Waals surface area contributed by atoms with Gasteiger partial charge in [-0.2, -0.15) is 5.09 Å². The minimum absolute atomic E-state index is 0.0608. The van der Waals surface area contributed by atoms with Gasteiger partial charge in [-0.3, -0.25) is 19.2 Å². The number of imidazole rings is 1. The number of hydrogen-bond donors (Lipinski definition) is 4. The Morgan fingerprint density at radius 3 is 2.55 bits per heavy atom. The van der Waals surface area contributed by atoms with Crippen molar-refractivity contribution in [2.75, 3.05) is 12.4 Å². The largest absolute Gasteiger partial charge is 0.461 e. The molecule has 17 heteroatoms. The quantitative estimate of drug-likeness (QED) is 0.128. The zero-order chi connectivity index (χ0) is 34.7. The Kier molecular flexibility index (Phi) is 10.4. The number of aliphatic hydroxyl groups excluding tert-OH is 2. The summed E-state index contributed by atoms with van der Waals surface area (Å²) in [6.07, 6.45) is -0.593. The SMILES string of the molecule is COC(=O)Nc1ncnc2c1ncn2[C@@H]1O[C@H](C(C)OP(=O)(NC(C)C(=O)OC2CCCCC2)Oc2cccc3ccccc23)C(O)C1O. The second kappa shape index (κ2) is 14.7. The van der Waals surface area contributed by atoms with Crippen molar-refractivity contribution < 1.29 is 47.6 Å². The summed E-state index contributed by atoms with van der Waals surface area (Å²) < 4.78 is 44.5. The molecule has 1 amide bonds. The van der Waals surface area contributed by atoms with Crippen LogP contribution in [0, 0.1) is 0 Å². The first-order valence-corrected chi connectivity index (χ1v) is 17.6. The molecule has 1 saturated carbocycles. The van der Waals surface area contributed by atoms with E-state index >= 15 is 0 Å². The molecule has 16 nitrogen and oxygen atoms in total. The number of benzene rings is 2. The Bertz CT molecular complexity index is 1850. The normalized spacial score (nSPS) is 23.9. The smallest absolute Gasteiger partial charge is 0.459 e. The van der Waals surface area contributed by atoms with Crippen LogP contribution in [-0.4, -0.2) is 85.5 Å². The van der Waals surface area contributed by atoms with Gasteiger partial charge in [-0.25, -0.2) is 24.3 Å². The van der Waals surface area contributed by atoms with Crippen LogP contribution < -0.4 is 14.9 Å². The number of carbonyl (C=O) groups excluding carboxylic acids is 2. The minimum Gasteiger partial charge on any atom is -0.461 e. The molecule has 5 unspecified atom stereocenters. The molecule has 0 bridgehead atoms. The van der Waals surface area contributed by atoms with Gasteiger partial charge in [0.2, 0.25) is 0 Å². The molecule has 3 heterocycles. The second-order valence-electron chi connectivity index (χ2n) is 12.1. The highest BCUT2D eigenvalue weighted by atomic mass is 31.2. The van der Waals surface area contributed by atoms with Gasteiger partial charge in [0.1, 0.15) is 42.5 Å². The van der Waals surface area contributed by atoms with Crippen molar-refractivity contribution in [1.29, 1.82) is 0 Å². The molecule has 1 saturated heterocycles. The molecule has 2 aromatic carbocycles. The van der Waals surface area contributed by atoms with Crippen molar-refractivity contribution in [1.82, 2.24) is 24.6 Å². The van der Waals surface area contributed by atoms with Gasteiger partial charge in [-0.05, 0) is 51.0 Å². The molecule has 0 spiro atoms. The van der Waals surface area contributed by atoms with Crippen LogP contribution in [0.2, 0.25) is 0 Å². The molecule has 6 rings (SSSR count). The van der Waals surface area contributed by atoms with Crippen LogP contribution >= 0.6 is 7.75 Å². The third kappa shape index (κ3) is 7.54. The van der Waals surface area contributed by atoms with Crippen LogP contribution in [0.1, 0.15) is 52.2 Å². The fraction of sp³-hybridized carbons (Fsp3) is 0.469. The second-order valence-corrected chi connectivity index (χ2v) is 13.7. The Hall–Kier alpha value is -4.18. The highest BCUT2D eigenvalue weighted by molar-refractivity contribution is 7.52. The predicted octanol–water partition coefficient (Wildman–Crippen LogP) is 4.22. The molecule has 49 heavy (non-hydrogen) atoms. The summed E-state index contributed by atoms with van der Waals surface area (Å²) in [5.74, 6) is -0.307. The van der Waals surface area contributed by atoms with Gasteiger partial charge in [-0.15, -0.1) is 0 Å². The lowest BCUT2D eigenvalue weighted by Crippen LogP contribution is -2.41. The van der Waals surface area contributed by atoms with Crippen molar-refractivity contribution in [3.8, 4) is 5.75 Å². The van der Waals surface area contributed by atoms with Gasteiger partial charge in [0.05, 0.1) is 19.5 Å². The van der Waals surface area contributed by atoms with Crippen LogP contribution in [0.5, 0.6) is 5.75 Å². The van der Waals surface area contributed by atoms with Crippen LogP contribution in [0.15, 0.2) is 55.1 Å². The van der Waals surface area contributed by atoms with Crippen molar-refractivity contribution in [3.05, 3.63) is 55.1 Å². The van der Waals surface area contributed by atoms with E-state index in [0.717, 1.165) is 37.5 Å². The highest BCUT2D eigenvalue weighted by Gasteiger charge is 2.49. The lowest BCUT2D eigenvalue weighted by atomic mass is 9.98. The van der Waals surface area contributed by atoms with E-state index in [4.69, 9.17) is 18.5 Å². The summed E-state index contributed by atoms with van der Waals surface area (Å²) in [6, 6.07) is 11.5. The first-order valence-electron chi connectivity index (χ1n) is 16.0. The number of amides is 1. The minimum atomic E-state index is -4.42. The maximum Gasteiger partial charge on any atom is 0.459 e. The van der Waals surface area contributed by atoms with Crippen molar-refractivity contribution in [2.45, 2.75) is 88.7 Å². The molecular weight excluding hydrogens is 659 g/mol. The number of aromatic nitrogens is 4. The molecule has 262 valence electrons. The molecule has 4 N–H and O–H groups in total. The Balaban J connectivity index is 1.24. The van der Waals surface area contributed by atoms with E-state index < -0.39 is 56.5 Å². The lowest BCUT2D eigenvalue weighted by molar-refractivity contribution is -0.152. The zero-order valence-electron chi connectivity index (χ0n) is 27.2. The van der Waals surface area contributed by atoms with Crippen molar-refractivity contribution in [2.24, 2.45) is 0 Å². The Morgan fingerprint density at radius 1 is 1.02 bits per heavy atom. The van der Waals surface area contributed by atoms with Crippen LogP contribution in [0.3, 0.4) is 0 Å². The molecule has 4 aromatic rings. The summed E-state index contributed by atoms with van der Waals surface area (Å²) in [6.45, 7) is 3.01. The maximum absolute atomic E-state index is 14.6. The van der Waals surface area contributed by atoms with Gasteiger partial charge in [0.25, 0.3) is 0 Å². The number of esters is 1. The summed E-state index contributed by atoms with van der Waals surface area (Å²) in [5, 5.41) is 28.9. The molecule has 1 aliphatic carbocycles. The molecule has 2 aromatic heterocycles. The van der Waals surface area contributed by atoms with Crippen molar-refractivity contribution >= 4 is 47.6 Å². The van der Waals surface area contributed by atoms with E-state index in [1.165, 1.54) is 38.2 Å². The average molecular weight is 699 g/mol. The fourth-order valence-corrected chi connectivity index (χ4v) is 7.79. The van der Waals surface area contributed by atoms with Gasteiger partial charge in [0, 0.05) is 5.39 Å². The Labute approximate surface area is 281 Å². The predicted molar refractivity (Wildman–Crippen MR) is 176 cm³/mol. The summed E-state index contributed by atoms with van der Waals surface area (Å²) in [4.78, 5) is 37.4. The van der Waals surface area contributed by atoms with Gasteiger partial charge in [0.15, 0.2) is 23.2 Å². The van der Waals surface area contributed by atoms with E-state index in [9.17, 15) is 24.4 Å². The number of ether oxygens (including phenoxy) is 3. The standard InChI is InChI=1S/C32H39N6O10P/c1-18(31(41)45-21-12-5-4-6-13-21)37-49(43,48-23-15-9-11-20-10-7-8-14-22(20)23)47-19(2)27-25(39)26(40)30(46-27)38-17-35-24-28(36-32(42)44-3)33-16-34-29(24)38/h7-11,14-19,21,25-27,30,39-40H,4-6,12-13H2,1-3H3,(H,37,43)(H,33,34,36,42)/t18?,19?,25?,26?,27-,30-,49?/m1/s1. The number of aliphatic hydroxyl groups is 2. The number of anilines is 1. The molecule has 2 fully saturated rings. The number of carbonyl (C=O) groups is 2. The molecular formula is C32H39N6O10P. The lowest BCUT2D eigenvalue weighted by Gasteiger charge is -2.29. The number of nitrogens with zero attached hydrogens (tertiary/aromatic N) is 4. The first kappa shape index (κ1) is 34.7. The summed E-state index contributed by atoms with van der Waals surface area (Å²) in [5.41, 5.74) is 0.362. The van der Waals surface area contributed by atoms with Gasteiger partial charge < -0.3 is 28.9 Å². The fourth-order valence-electron chi connectivity index (χ4n) is 6.08. The highest BCUT2D eigenvalue weighted by Crippen LogP contribution is 2.49. The van der Waals surface area contributed by atoms with E-state index in [-0.39, 0.29) is 28.8 Å². The summed E-state index contributed by atoms with van der Waals surface area (Å²) >= 11 is 0. The van der Waals surface area contributed by atoms with Crippen LogP contribution in [-0.2, 0) is 28.1 Å². The zero-order valence-corrected chi connectivity index (χ0v) is 28.1. The van der Waals surface area contributed by atoms with E-state index in [0.29, 0.717) is 5.39 Å².